The van der Waals surface area contributed by atoms with Crippen molar-refractivity contribution in [2.75, 3.05) is 13.1 Å². The SMILES string of the molecule is CCC(C)/C(C)=N\N=C(/C)[C@H](CC(=O)NCCCCCCCCNC(=O)CCc1nc2c(C(C)=O)cccc2[nH]1)N=C(c1ccc(O)cc1)c1c(C)sc(C)c1C. The number of ketones is 1. The van der Waals surface area contributed by atoms with Crippen LogP contribution in [0.2, 0.25) is 0 Å². The lowest BCUT2D eigenvalue weighted by atomic mass is 9.97. The number of carbonyl (C=O) groups is 3. The molecule has 0 aliphatic heterocycles. The van der Waals surface area contributed by atoms with E-state index in [0.29, 0.717) is 54.5 Å². The van der Waals surface area contributed by atoms with Gasteiger partial charge in [0.25, 0.3) is 0 Å². The molecule has 4 aromatic rings. The standard InChI is InChI=1S/C45H61N7O4S/c1-9-28(2)30(4)51-52-31(5)39(49-44(35-19-21-36(54)22-20-35)43-29(3)33(7)57-34(43)8)27-42(56)47-26-15-13-11-10-12-14-25-46-41(55)24-23-40-48-38-18-16-17-37(32(6)53)45(38)50-40/h16-22,28,39,54H,9-15,23-27H2,1-8H3,(H,46,55)(H,47,56)(H,48,50)/b49-44?,51-30-,52-31+/t28?,39-/m0/s1. The molecule has 0 saturated heterocycles. The number of aromatic amines is 1. The van der Waals surface area contributed by atoms with Crippen molar-refractivity contribution in [3.8, 4) is 5.75 Å². The average Bonchev–Trinajstić information content (AvgIpc) is 3.73. The number of aromatic nitrogens is 2. The monoisotopic (exact) mass is 795 g/mol. The Bertz CT molecular complexity index is 2080. The minimum absolute atomic E-state index is 0.00955. The molecule has 0 fully saturated rings. The first-order valence-corrected chi connectivity index (χ1v) is 21.1. The van der Waals surface area contributed by atoms with Crippen molar-refractivity contribution in [3.63, 3.8) is 0 Å². The molecule has 57 heavy (non-hydrogen) atoms. The molecule has 2 atom stereocenters. The normalized spacial score (nSPS) is 13.5. The number of hydrogen-bond donors (Lipinski definition) is 4. The zero-order valence-electron chi connectivity index (χ0n) is 35.1. The fourth-order valence-electron chi connectivity index (χ4n) is 6.57. The van der Waals surface area contributed by atoms with Gasteiger partial charge in [-0.25, -0.2) is 4.98 Å². The number of benzene rings is 2. The van der Waals surface area contributed by atoms with E-state index in [4.69, 9.17) is 4.99 Å². The van der Waals surface area contributed by atoms with Crippen LogP contribution >= 0.6 is 11.3 Å². The lowest BCUT2D eigenvalue weighted by Crippen LogP contribution is -2.31. The maximum atomic E-state index is 13.4. The molecule has 306 valence electrons. The van der Waals surface area contributed by atoms with E-state index in [2.05, 4.69) is 65.4 Å². The van der Waals surface area contributed by atoms with Crippen LogP contribution in [0.25, 0.3) is 11.0 Å². The highest BCUT2D eigenvalue weighted by molar-refractivity contribution is 7.12. The van der Waals surface area contributed by atoms with Crippen LogP contribution in [0, 0.1) is 26.7 Å². The lowest BCUT2D eigenvalue weighted by molar-refractivity contribution is -0.121. The fourth-order valence-corrected chi connectivity index (χ4v) is 7.64. The van der Waals surface area contributed by atoms with Crippen LogP contribution in [0.3, 0.4) is 0 Å². The number of unbranched alkanes of at least 4 members (excludes halogenated alkanes) is 5. The van der Waals surface area contributed by atoms with Gasteiger partial charge in [0, 0.05) is 58.1 Å². The second kappa shape index (κ2) is 22.1. The Labute approximate surface area is 342 Å². The highest BCUT2D eigenvalue weighted by Gasteiger charge is 2.23. The molecule has 4 N–H and O–H groups in total. The van der Waals surface area contributed by atoms with Crippen molar-refractivity contribution < 1.29 is 19.5 Å². The molecule has 0 aliphatic rings. The molecule has 2 amide bonds. The first-order chi connectivity index (χ1) is 27.3. The van der Waals surface area contributed by atoms with Crippen LogP contribution in [-0.2, 0) is 16.0 Å². The Kier molecular flexibility index (Phi) is 17.3. The van der Waals surface area contributed by atoms with Gasteiger partial charge in [-0.15, -0.1) is 11.3 Å². The van der Waals surface area contributed by atoms with Crippen molar-refractivity contribution in [1.29, 1.82) is 0 Å². The second-order valence-electron chi connectivity index (χ2n) is 15.0. The topological polar surface area (TPSA) is 161 Å². The van der Waals surface area contributed by atoms with Gasteiger partial charge < -0.3 is 20.7 Å². The Balaban J connectivity index is 1.24. The molecule has 4 rings (SSSR count). The Morgan fingerprint density at radius 2 is 1.47 bits per heavy atom. The maximum Gasteiger partial charge on any atom is 0.222 e. The molecule has 11 nitrogen and oxygen atoms in total. The number of nitrogens with one attached hydrogen (secondary N) is 3. The summed E-state index contributed by atoms with van der Waals surface area (Å²) in [5, 5.41) is 25.3. The van der Waals surface area contributed by atoms with Gasteiger partial charge in [-0.2, -0.15) is 10.2 Å². The van der Waals surface area contributed by atoms with Crippen molar-refractivity contribution >= 4 is 57.1 Å². The molecule has 0 aliphatic carbocycles. The zero-order valence-corrected chi connectivity index (χ0v) is 35.9. The number of hydrogen-bond acceptors (Lipinski definition) is 9. The van der Waals surface area contributed by atoms with Crippen LogP contribution in [0.4, 0.5) is 0 Å². The molecule has 2 heterocycles. The molecule has 1 unspecified atom stereocenters. The van der Waals surface area contributed by atoms with E-state index in [1.165, 1.54) is 11.8 Å². The molecule has 2 aromatic carbocycles. The van der Waals surface area contributed by atoms with Gasteiger partial charge in [-0.05, 0) is 109 Å². The molecule has 0 saturated carbocycles. The highest BCUT2D eigenvalue weighted by atomic mass is 32.1. The van der Waals surface area contributed by atoms with Crippen molar-refractivity contribution in [2.45, 2.75) is 126 Å². The van der Waals surface area contributed by atoms with Crippen LogP contribution < -0.4 is 10.6 Å². The minimum atomic E-state index is -0.534. The van der Waals surface area contributed by atoms with Gasteiger partial charge in [0.2, 0.25) is 11.8 Å². The third-order valence-corrected chi connectivity index (χ3v) is 11.7. The van der Waals surface area contributed by atoms with Crippen LogP contribution in [0.15, 0.2) is 57.7 Å². The number of aromatic hydroxyl groups is 1. The molecule has 2 aromatic heterocycles. The number of para-hydroxylation sites is 1. The van der Waals surface area contributed by atoms with Gasteiger partial charge in [0.1, 0.15) is 11.6 Å². The summed E-state index contributed by atoms with van der Waals surface area (Å²) >= 11 is 1.73. The third-order valence-electron chi connectivity index (χ3n) is 10.6. The van der Waals surface area contributed by atoms with Crippen molar-refractivity contribution in [1.82, 2.24) is 20.6 Å². The predicted molar refractivity (Wildman–Crippen MR) is 234 cm³/mol. The molecule has 0 radical (unpaired) electrons. The molecular weight excluding hydrogens is 735 g/mol. The van der Waals surface area contributed by atoms with Crippen molar-refractivity contribution in [2.24, 2.45) is 21.1 Å². The summed E-state index contributed by atoms with van der Waals surface area (Å²) in [5.41, 5.74) is 7.49. The van der Waals surface area contributed by atoms with E-state index in [0.717, 1.165) is 83.5 Å². The highest BCUT2D eigenvalue weighted by Crippen LogP contribution is 2.30. The summed E-state index contributed by atoms with van der Waals surface area (Å²) in [4.78, 5) is 53.1. The average molecular weight is 796 g/mol. The number of aliphatic imine (C=N–C) groups is 1. The number of rotatable bonds is 22. The number of phenols is 1. The van der Waals surface area contributed by atoms with E-state index < -0.39 is 6.04 Å². The maximum absolute atomic E-state index is 13.4. The number of thiophene rings is 1. The number of nitrogens with zero attached hydrogens (tertiary/aromatic N) is 4. The summed E-state index contributed by atoms with van der Waals surface area (Å²) in [7, 11) is 0. The van der Waals surface area contributed by atoms with Crippen LogP contribution in [-0.4, -0.2) is 68.9 Å². The number of fused-ring (bicyclic) bond motifs is 1. The summed E-state index contributed by atoms with van der Waals surface area (Å²) in [6.07, 6.45) is 7.85. The summed E-state index contributed by atoms with van der Waals surface area (Å²) in [6, 6.07) is 12.0. The first-order valence-electron chi connectivity index (χ1n) is 20.3. The number of Topliss-reactive ketones (excluding diaryl/α,β-unsaturated/α-hetero) is 1. The van der Waals surface area contributed by atoms with E-state index in [-0.39, 0.29) is 29.8 Å². The number of carbonyl (C=O) groups excluding carboxylic acids is 3. The third kappa shape index (κ3) is 13.3. The minimum Gasteiger partial charge on any atom is -0.508 e. The number of imidazole rings is 1. The van der Waals surface area contributed by atoms with E-state index in [1.807, 2.05) is 38.1 Å². The van der Waals surface area contributed by atoms with E-state index in [9.17, 15) is 19.5 Å². The largest absolute Gasteiger partial charge is 0.508 e. The van der Waals surface area contributed by atoms with Gasteiger partial charge >= 0.3 is 0 Å². The molecule has 12 heteroatoms. The zero-order chi connectivity index (χ0) is 41.5. The lowest BCUT2D eigenvalue weighted by Gasteiger charge is -2.17. The van der Waals surface area contributed by atoms with Crippen molar-refractivity contribution in [3.05, 3.63) is 80.3 Å². The number of phenolic OH excluding ortho intramolecular Hbond substituents is 1. The second-order valence-corrected chi connectivity index (χ2v) is 16.4. The van der Waals surface area contributed by atoms with Gasteiger partial charge in [0.15, 0.2) is 5.78 Å². The van der Waals surface area contributed by atoms with E-state index >= 15 is 0 Å². The molecule has 0 spiro atoms. The predicted octanol–water partition coefficient (Wildman–Crippen LogP) is 9.14. The first kappa shape index (κ1) is 44.7. The van der Waals surface area contributed by atoms with Gasteiger partial charge in [-0.3, -0.25) is 19.4 Å². The van der Waals surface area contributed by atoms with Crippen LogP contribution in [0.5, 0.6) is 5.75 Å². The Hall–Kier alpha value is -4.97. The Morgan fingerprint density at radius 1 is 0.842 bits per heavy atom. The fraction of sp³-hybridized carbons (Fsp3) is 0.489. The summed E-state index contributed by atoms with van der Waals surface area (Å²) < 4.78 is 0. The quantitative estimate of drug-likeness (QED) is 0.0270. The van der Waals surface area contributed by atoms with Gasteiger partial charge in [-0.1, -0.05) is 45.6 Å². The molecule has 0 bridgehead atoms. The number of H-pyrrole nitrogens is 1. The molecular formula is C45H61N7O4S. The summed E-state index contributed by atoms with van der Waals surface area (Å²) in [5.74, 6) is 1.06. The number of amides is 2. The summed E-state index contributed by atoms with van der Waals surface area (Å²) in [6.45, 7) is 17.2. The Morgan fingerprint density at radius 3 is 2.09 bits per heavy atom. The van der Waals surface area contributed by atoms with E-state index in [1.54, 1.807) is 29.5 Å². The van der Waals surface area contributed by atoms with Crippen LogP contribution in [0.1, 0.15) is 135 Å². The van der Waals surface area contributed by atoms with Gasteiger partial charge in [0.05, 0.1) is 34.9 Å². The smallest absolute Gasteiger partial charge is 0.222 e. The number of aryl methyl sites for hydroxylation is 3.